The van der Waals surface area contributed by atoms with E-state index in [1.54, 1.807) is 0 Å². The smallest absolute Gasteiger partial charge is 0.123 e. The Labute approximate surface area is 114 Å². The van der Waals surface area contributed by atoms with Crippen molar-refractivity contribution in [2.45, 2.75) is 38.0 Å². The number of rotatable bonds is 4. The van der Waals surface area contributed by atoms with Gasteiger partial charge in [0.1, 0.15) is 6.29 Å². The predicted molar refractivity (Wildman–Crippen MR) is 75.7 cm³/mol. The molecular weight excluding hydrogens is 234 g/mol. The van der Waals surface area contributed by atoms with Gasteiger partial charge in [-0.1, -0.05) is 24.3 Å². The van der Waals surface area contributed by atoms with E-state index in [2.05, 4.69) is 24.3 Å². The topological polar surface area (TPSA) is 40.9 Å². The maximum Gasteiger partial charge on any atom is 0.123 e. The molecule has 98 valence electrons. The summed E-state index contributed by atoms with van der Waals surface area (Å²) < 4.78 is 0. The van der Waals surface area contributed by atoms with Gasteiger partial charge in [0.25, 0.3) is 0 Å². The van der Waals surface area contributed by atoms with E-state index in [4.69, 9.17) is 5.26 Å². The molecule has 0 radical (unpaired) electrons. The fourth-order valence-electron chi connectivity index (χ4n) is 2.80. The molecule has 19 heavy (non-hydrogen) atoms. The Morgan fingerprint density at radius 2 is 1.84 bits per heavy atom. The standard InChI is InChI=1S/C17H19NO/c18-13-15-6-10-17(11-7-15)16-8-4-14(5-9-16)3-1-2-12-19/h1,3,6-7,10-12,14,16H,2,4-5,8-9H2. The molecular formula is C17H19NO. The number of nitrogens with zero attached hydrogens (tertiary/aromatic N) is 1. The first-order valence-electron chi connectivity index (χ1n) is 6.94. The third-order valence-corrected chi connectivity index (χ3v) is 3.92. The first-order valence-corrected chi connectivity index (χ1v) is 6.94. The van der Waals surface area contributed by atoms with Crippen molar-refractivity contribution in [3.05, 3.63) is 47.5 Å². The van der Waals surface area contributed by atoms with Gasteiger partial charge < -0.3 is 4.79 Å². The number of nitriles is 1. The van der Waals surface area contributed by atoms with Crippen molar-refractivity contribution in [1.29, 1.82) is 5.26 Å². The molecule has 1 aliphatic carbocycles. The lowest BCUT2D eigenvalue weighted by Crippen LogP contribution is -2.11. The Balaban J connectivity index is 1.88. The van der Waals surface area contributed by atoms with E-state index in [1.807, 2.05) is 18.2 Å². The number of hydrogen-bond donors (Lipinski definition) is 0. The molecule has 0 N–H and O–H groups in total. The van der Waals surface area contributed by atoms with E-state index < -0.39 is 0 Å². The molecule has 0 bridgehead atoms. The van der Waals surface area contributed by atoms with Crippen molar-refractivity contribution < 1.29 is 4.79 Å². The zero-order valence-corrected chi connectivity index (χ0v) is 11.1. The van der Waals surface area contributed by atoms with Gasteiger partial charge in [-0.05, 0) is 55.2 Å². The molecule has 0 amide bonds. The normalized spacial score (nSPS) is 23.1. The van der Waals surface area contributed by atoms with Crippen LogP contribution < -0.4 is 0 Å². The van der Waals surface area contributed by atoms with Gasteiger partial charge in [0, 0.05) is 6.42 Å². The molecule has 1 aliphatic rings. The summed E-state index contributed by atoms with van der Waals surface area (Å²) in [6.45, 7) is 0. The van der Waals surface area contributed by atoms with Crippen LogP contribution in [0, 0.1) is 17.2 Å². The van der Waals surface area contributed by atoms with E-state index >= 15 is 0 Å². The molecule has 0 saturated heterocycles. The van der Waals surface area contributed by atoms with Crippen LogP contribution in [0.4, 0.5) is 0 Å². The average Bonchev–Trinajstić information content (AvgIpc) is 2.48. The van der Waals surface area contributed by atoms with Crippen LogP contribution in [-0.4, -0.2) is 6.29 Å². The lowest BCUT2D eigenvalue weighted by atomic mass is 9.78. The maximum absolute atomic E-state index is 10.3. The Morgan fingerprint density at radius 1 is 1.16 bits per heavy atom. The fraction of sp³-hybridized carbons (Fsp3) is 0.412. The van der Waals surface area contributed by atoms with Crippen LogP contribution in [-0.2, 0) is 4.79 Å². The van der Waals surface area contributed by atoms with E-state index in [0.717, 1.165) is 11.8 Å². The first kappa shape index (κ1) is 13.5. The van der Waals surface area contributed by atoms with E-state index in [0.29, 0.717) is 18.3 Å². The number of aldehydes is 1. The minimum atomic E-state index is 0.537. The zero-order valence-electron chi connectivity index (χ0n) is 11.1. The van der Waals surface area contributed by atoms with Crippen LogP contribution in [0.3, 0.4) is 0 Å². The summed E-state index contributed by atoms with van der Waals surface area (Å²) in [7, 11) is 0. The van der Waals surface area contributed by atoms with Crippen LogP contribution in [0.5, 0.6) is 0 Å². The summed E-state index contributed by atoms with van der Waals surface area (Å²) >= 11 is 0. The molecule has 2 rings (SSSR count). The third-order valence-electron chi connectivity index (χ3n) is 3.92. The van der Waals surface area contributed by atoms with Crippen molar-refractivity contribution >= 4 is 6.29 Å². The summed E-state index contributed by atoms with van der Waals surface area (Å²) in [5.41, 5.74) is 2.09. The van der Waals surface area contributed by atoms with E-state index in [1.165, 1.54) is 31.2 Å². The number of hydrogen-bond acceptors (Lipinski definition) is 2. The largest absolute Gasteiger partial charge is 0.303 e. The van der Waals surface area contributed by atoms with Crippen molar-refractivity contribution in [2.24, 2.45) is 5.92 Å². The number of carbonyl (C=O) groups is 1. The van der Waals surface area contributed by atoms with Gasteiger partial charge in [-0.2, -0.15) is 5.26 Å². The monoisotopic (exact) mass is 253 g/mol. The second-order valence-corrected chi connectivity index (χ2v) is 5.18. The summed E-state index contributed by atoms with van der Waals surface area (Å²) in [5.74, 6) is 1.26. The molecule has 0 aliphatic heterocycles. The molecule has 0 spiro atoms. The second-order valence-electron chi connectivity index (χ2n) is 5.18. The first-order chi connectivity index (χ1) is 9.33. The minimum Gasteiger partial charge on any atom is -0.303 e. The van der Waals surface area contributed by atoms with Gasteiger partial charge in [0.05, 0.1) is 11.6 Å². The molecule has 2 nitrogen and oxygen atoms in total. The molecule has 1 saturated carbocycles. The summed E-state index contributed by atoms with van der Waals surface area (Å²) in [5, 5.41) is 8.79. The molecule has 0 aromatic heterocycles. The van der Waals surface area contributed by atoms with Crippen LogP contribution in [0.15, 0.2) is 36.4 Å². The SMILES string of the molecule is N#Cc1ccc(C2CCC(C=CCC=O)CC2)cc1. The van der Waals surface area contributed by atoms with E-state index in [9.17, 15) is 4.79 Å². The summed E-state index contributed by atoms with van der Waals surface area (Å²) in [6.07, 6.45) is 10.4. The van der Waals surface area contributed by atoms with Gasteiger partial charge >= 0.3 is 0 Å². The molecule has 0 unspecified atom stereocenters. The van der Waals surface area contributed by atoms with Gasteiger partial charge in [0.2, 0.25) is 0 Å². The van der Waals surface area contributed by atoms with Crippen LogP contribution in [0.1, 0.15) is 49.1 Å². The summed E-state index contributed by atoms with van der Waals surface area (Å²) in [4.78, 5) is 10.3. The Hall–Kier alpha value is -1.88. The van der Waals surface area contributed by atoms with Crippen LogP contribution in [0.25, 0.3) is 0 Å². The quantitative estimate of drug-likeness (QED) is 0.601. The molecule has 1 aromatic carbocycles. The average molecular weight is 253 g/mol. The van der Waals surface area contributed by atoms with Gasteiger partial charge in [-0.25, -0.2) is 0 Å². The lowest BCUT2D eigenvalue weighted by Gasteiger charge is -2.27. The fourth-order valence-corrected chi connectivity index (χ4v) is 2.80. The minimum absolute atomic E-state index is 0.537. The maximum atomic E-state index is 10.3. The van der Waals surface area contributed by atoms with Crippen molar-refractivity contribution in [2.75, 3.05) is 0 Å². The van der Waals surface area contributed by atoms with E-state index in [-0.39, 0.29) is 0 Å². The highest BCUT2D eigenvalue weighted by atomic mass is 16.1. The Bertz CT molecular complexity index is 473. The highest BCUT2D eigenvalue weighted by Gasteiger charge is 2.20. The Morgan fingerprint density at radius 3 is 2.42 bits per heavy atom. The zero-order chi connectivity index (χ0) is 13.5. The van der Waals surface area contributed by atoms with Crippen molar-refractivity contribution in [3.8, 4) is 6.07 Å². The van der Waals surface area contributed by atoms with Crippen LogP contribution in [0.2, 0.25) is 0 Å². The van der Waals surface area contributed by atoms with Gasteiger partial charge in [-0.3, -0.25) is 0 Å². The van der Waals surface area contributed by atoms with Crippen molar-refractivity contribution in [3.63, 3.8) is 0 Å². The van der Waals surface area contributed by atoms with Crippen LogP contribution >= 0.6 is 0 Å². The lowest BCUT2D eigenvalue weighted by molar-refractivity contribution is -0.107. The molecule has 0 atom stereocenters. The molecule has 2 heteroatoms. The molecule has 1 fully saturated rings. The molecule has 1 aromatic rings. The number of allylic oxidation sites excluding steroid dienone is 2. The second kappa shape index (κ2) is 6.89. The molecule has 0 heterocycles. The highest BCUT2D eigenvalue weighted by Crippen LogP contribution is 2.36. The Kier molecular flexibility index (Phi) is 4.92. The van der Waals surface area contributed by atoms with Gasteiger partial charge in [0.15, 0.2) is 0 Å². The highest BCUT2D eigenvalue weighted by molar-refractivity contribution is 5.51. The third kappa shape index (κ3) is 3.79. The number of benzene rings is 1. The summed E-state index contributed by atoms with van der Waals surface area (Å²) in [6, 6.07) is 10.1. The number of carbonyl (C=O) groups excluding carboxylic acids is 1. The predicted octanol–water partition coefficient (Wildman–Crippen LogP) is 3.98. The van der Waals surface area contributed by atoms with Crippen molar-refractivity contribution in [1.82, 2.24) is 0 Å². The van der Waals surface area contributed by atoms with Gasteiger partial charge in [-0.15, -0.1) is 0 Å².